The highest BCUT2D eigenvalue weighted by Crippen LogP contribution is 2.46. The van der Waals surface area contributed by atoms with E-state index in [1.165, 1.54) is 33.2 Å². The normalized spacial score (nSPS) is 16.8. The number of aliphatic hydroxyl groups excluding tert-OH is 1. The van der Waals surface area contributed by atoms with Gasteiger partial charge in [0, 0.05) is 39.8 Å². The lowest BCUT2D eigenvalue weighted by molar-refractivity contribution is -0.438. The Morgan fingerprint density at radius 3 is 2.06 bits per heavy atom. The molecule has 262 valence electrons. The smallest absolute Gasteiger partial charge is 0.298 e. The van der Waals surface area contributed by atoms with Crippen LogP contribution in [0.15, 0.2) is 84.1 Å². The quantitative estimate of drug-likeness (QED) is 0.0994. The van der Waals surface area contributed by atoms with Crippen LogP contribution in [0.5, 0.6) is 5.75 Å². The molecule has 2 aromatic heterocycles. The van der Waals surface area contributed by atoms with Gasteiger partial charge >= 0.3 is 0 Å². The number of Topliss-reactive ketones (excluding diaryl/α,β-unsaturated/α-hetero) is 1. The van der Waals surface area contributed by atoms with Gasteiger partial charge in [0.1, 0.15) is 23.1 Å². The number of thiophene rings is 1. The van der Waals surface area contributed by atoms with Crippen molar-refractivity contribution in [2.75, 3.05) is 6.54 Å². The van der Waals surface area contributed by atoms with Crippen molar-refractivity contribution in [2.45, 2.75) is 91.4 Å². The molecular formula is C44H47N2O4S+. The second-order valence-corrected chi connectivity index (χ2v) is 17.5. The van der Waals surface area contributed by atoms with Crippen LogP contribution in [0.2, 0.25) is 0 Å². The average Bonchev–Trinajstić information content (AvgIpc) is 3.72. The first-order valence-electron chi connectivity index (χ1n) is 17.9. The number of carbonyl (C=O) groups excluding carboxylic acids is 2. The van der Waals surface area contributed by atoms with E-state index in [9.17, 15) is 14.7 Å². The number of nitrogens with zero attached hydrogens (tertiary/aromatic N) is 2. The number of fused-ring (bicyclic) bond motifs is 4. The van der Waals surface area contributed by atoms with Crippen molar-refractivity contribution in [1.82, 2.24) is 4.57 Å². The molecule has 0 atom stereocenters. The van der Waals surface area contributed by atoms with E-state index in [-0.39, 0.29) is 22.4 Å². The Hall–Kier alpha value is -4.75. The minimum atomic E-state index is -0.485. The zero-order chi connectivity index (χ0) is 36.6. The molecule has 0 spiro atoms. The Morgan fingerprint density at radius 2 is 1.51 bits per heavy atom. The predicted octanol–water partition coefficient (Wildman–Crippen LogP) is 10.6. The molecule has 0 amide bonds. The van der Waals surface area contributed by atoms with E-state index in [0.717, 1.165) is 57.3 Å². The van der Waals surface area contributed by atoms with E-state index in [1.807, 2.05) is 24.3 Å². The topological polar surface area (TPSA) is 71.5 Å². The summed E-state index contributed by atoms with van der Waals surface area (Å²) in [5, 5.41) is 14.9. The lowest BCUT2D eigenvalue weighted by atomic mass is 9.78. The fourth-order valence-corrected chi connectivity index (χ4v) is 8.57. The maximum atomic E-state index is 13.9. The molecule has 7 heteroatoms. The molecule has 5 aromatic rings. The molecule has 1 N–H and O–H groups in total. The number of ether oxygens (including phenoxy) is 1. The van der Waals surface area contributed by atoms with Crippen LogP contribution in [0.4, 0.5) is 5.69 Å². The van der Waals surface area contributed by atoms with E-state index in [1.54, 1.807) is 6.07 Å². The molecule has 51 heavy (non-hydrogen) atoms. The first kappa shape index (κ1) is 34.7. The first-order chi connectivity index (χ1) is 24.1. The molecule has 7 rings (SSSR count). The summed E-state index contributed by atoms with van der Waals surface area (Å²) in [6.07, 6.45) is 3.84. The second-order valence-electron chi connectivity index (χ2n) is 16.5. The van der Waals surface area contributed by atoms with Crippen molar-refractivity contribution in [1.29, 1.82) is 0 Å². The highest BCUT2D eigenvalue weighted by atomic mass is 32.1. The van der Waals surface area contributed by atoms with Crippen LogP contribution in [0.25, 0.3) is 32.4 Å². The maximum absolute atomic E-state index is 13.9. The molecule has 2 aliphatic rings. The molecule has 1 aliphatic heterocycles. The zero-order valence-electron chi connectivity index (χ0n) is 31.1. The van der Waals surface area contributed by atoms with Gasteiger partial charge in [0.05, 0.1) is 27.6 Å². The fraction of sp³-hybridized carbons (Fsp3) is 0.341. The molecule has 3 aromatic carbocycles. The van der Waals surface area contributed by atoms with E-state index in [4.69, 9.17) is 4.74 Å². The van der Waals surface area contributed by atoms with E-state index >= 15 is 0 Å². The third-order valence-electron chi connectivity index (χ3n) is 10.6. The Bertz CT molecular complexity index is 2290. The van der Waals surface area contributed by atoms with Crippen molar-refractivity contribution < 1.29 is 24.0 Å². The van der Waals surface area contributed by atoms with Crippen LogP contribution in [-0.4, -0.2) is 38.8 Å². The van der Waals surface area contributed by atoms with Gasteiger partial charge in [-0.25, -0.2) is 0 Å². The van der Waals surface area contributed by atoms with Gasteiger partial charge < -0.3 is 14.4 Å². The Labute approximate surface area is 304 Å². The van der Waals surface area contributed by atoms with Crippen LogP contribution in [0, 0.1) is 0 Å². The summed E-state index contributed by atoms with van der Waals surface area (Å²) < 4.78 is 9.70. The average molecular weight is 700 g/mol. The Kier molecular flexibility index (Phi) is 8.29. The van der Waals surface area contributed by atoms with Gasteiger partial charge in [-0.15, -0.1) is 11.3 Å². The van der Waals surface area contributed by atoms with E-state index < -0.39 is 5.41 Å². The monoisotopic (exact) mass is 699 g/mol. The number of aliphatic hydroxyl groups is 1. The van der Waals surface area contributed by atoms with E-state index in [0.29, 0.717) is 23.4 Å². The number of rotatable bonds is 8. The number of hydrogen-bond acceptors (Lipinski definition) is 5. The largest absolute Gasteiger partial charge is 0.506 e. The van der Waals surface area contributed by atoms with Crippen LogP contribution in [0.3, 0.4) is 0 Å². The van der Waals surface area contributed by atoms with E-state index in [2.05, 4.69) is 114 Å². The van der Waals surface area contributed by atoms with Crippen LogP contribution >= 0.6 is 11.3 Å². The van der Waals surface area contributed by atoms with Crippen LogP contribution in [-0.2, 0) is 25.8 Å². The molecular weight excluding hydrogens is 653 g/mol. The fourth-order valence-electron chi connectivity index (χ4n) is 7.50. The van der Waals surface area contributed by atoms with Crippen molar-refractivity contribution in [3.8, 4) is 10.8 Å². The van der Waals surface area contributed by atoms with Crippen molar-refractivity contribution in [3.05, 3.63) is 106 Å². The molecule has 6 nitrogen and oxygen atoms in total. The van der Waals surface area contributed by atoms with Crippen molar-refractivity contribution in [2.24, 2.45) is 0 Å². The minimum absolute atomic E-state index is 0.00963. The lowest BCUT2D eigenvalue weighted by Crippen LogP contribution is -2.31. The Morgan fingerprint density at radius 1 is 0.882 bits per heavy atom. The summed E-state index contributed by atoms with van der Waals surface area (Å²) in [6, 6.07) is 23.2. The number of allylic oxidation sites excluding steroid dienone is 3. The summed E-state index contributed by atoms with van der Waals surface area (Å²) in [5.41, 5.74) is 7.98. The molecule has 0 fully saturated rings. The molecule has 3 heterocycles. The number of ketones is 1. The zero-order valence-corrected chi connectivity index (χ0v) is 31.9. The number of benzene rings is 3. The number of hydrogen-bond donors (Lipinski definition) is 1. The summed E-state index contributed by atoms with van der Waals surface area (Å²) in [5.74, 6) is 0.347. The third-order valence-corrected chi connectivity index (χ3v) is 11.7. The maximum Gasteiger partial charge on any atom is 0.298 e. The summed E-state index contributed by atoms with van der Waals surface area (Å²) >= 11 is 1.52. The van der Waals surface area contributed by atoms with Crippen molar-refractivity contribution in [3.63, 3.8) is 0 Å². The van der Waals surface area contributed by atoms with Gasteiger partial charge in [0.25, 0.3) is 6.47 Å². The van der Waals surface area contributed by atoms with Gasteiger partial charge in [0.15, 0.2) is 5.71 Å². The third kappa shape index (κ3) is 5.66. The summed E-state index contributed by atoms with van der Waals surface area (Å²) in [4.78, 5) is 25.7. The van der Waals surface area contributed by atoms with Gasteiger partial charge in [-0.3, -0.25) is 9.59 Å². The molecule has 0 bridgehead atoms. The summed E-state index contributed by atoms with van der Waals surface area (Å²) in [6.45, 7) is 21.0. The van der Waals surface area contributed by atoms with Crippen LogP contribution < -0.4 is 4.74 Å². The second kappa shape index (κ2) is 12.2. The molecule has 0 saturated carbocycles. The van der Waals surface area contributed by atoms with Gasteiger partial charge in [-0.2, -0.15) is 4.58 Å². The molecule has 0 radical (unpaired) electrons. The Balaban J connectivity index is 1.31. The summed E-state index contributed by atoms with van der Waals surface area (Å²) in [7, 11) is 0. The molecule has 0 saturated heterocycles. The number of unbranched alkanes of at least 4 members (excludes halogenated alkanes) is 1. The van der Waals surface area contributed by atoms with Gasteiger partial charge in [-0.1, -0.05) is 67.0 Å². The van der Waals surface area contributed by atoms with Gasteiger partial charge in [0.2, 0.25) is 11.5 Å². The first-order valence-corrected chi connectivity index (χ1v) is 18.7. The number of aromatic nitrogens is 1. The number of carbonyl (C=O) groups is 2. The molecule has 1 aliphatic carbocycles. The predicted molar refractivity (Wildman–Crippen MR) is 210 cm³/mol. The van der Waals surface area contributed by atoms with Crippen LogP contribution in [0.1, 0.15) is 96.7 Å². The standard InChI is InChI=1S/C44H46N2O4S/c1-10-11-20-45-35-17-14-28(50-25-47)23-32(35)44(8,9)37(45)24-31-40(48)39(41(31)49)36-18-19-38(51-36)46-33-15-12-26(42(2,3)4)21-29(33)30-22-27(43(5,6)7)13-16-34(30)46/h12-19,21-25H,10-11,20H2,1-9H3/p+1. The SMILES string of the molecule is CCCC[N+]1=C(/C=C2/C(=O)C(c3ccc(-n4c5ccc(C(C)(C)C)cc5c5cc(C(C)(C)C)ccc54)s3)=C2O)C(C)(C)c2cc(OC=O)ccc21. The highest BCUT2D eigenvalue weighted by Gasteiger charge is 2.47. The minimum Gasteiger partial charge on any atom is -0.506 e. The van der Waals surface area contributed by atoms with Gasteiger partial charge in [-0.05, 0) is 84.3 Å². The highest BCUT2D eigenvalue weighted by molar-refractivity contribution is 7.16. The molecule has 0 unspecified atom stereocenters. The lowest BCUT2D eigenvalue weighted by Gasteiger charge is -2.22. The van der Waals surface area contributed by atoms with Crippen molar-refractivity contribution >= 4 is 62.4 Å².